The Bertz CT molecular complexity index is 402. The largest absolute Gasteiger partial charge is 0.484 e. The van der Waals surface area contributed by atoms with Gasteiger partial charge in [0.2, 0.25) is 0 Å². The fourth-order valence-electron chi connectivity index (χ4n) is 1.52. The monoisotopic (exact) mass is 265 g/mol. The van der Waals surface area contributed by atoms with Crippen LogP contribution in [0.3, 0.4) is 0 Å². The fraction of sp³-hybridized carbons (Fsp3) is 0.733. The van der Waals surface area contributed by atoms with Crippen molar-refractivity contribution in [2.75, 3.05) is 6.54 Å². The van der Waals surface area contributed by atoms with E-state index >= 15 is 0 Å². The van der Waals surface area contributed by atoms with Gasteiger partial charge in [-0.05, 0) is 26.8 Å². The van der Waals surface area contributed by atoms with Crippen molar-refractivity contribution >= 4 is 0 Å². The van der Waals surface area contributed by atoms with Crippen molar-refractivity contribution in [1.29, 1.82) is 0 Å². The van der Waals surface area contributed by atoms with E-state index in [0.29, 0.717) is 12.5 Å². The quantitative estimate of drug-likeness (QED) is 0.822. The molecule has 0 saturated carbocycles. The zero-order chi connectivity index (χ0) is 14.5. The van der Waals surface area contributed by atoms with Gasteiger partial charge in [-0.15, -0.1) is 0 Å². The molecular weight excluding hydrogens is 238 g/mol. The second kappa shape index (κ2) is 6.85. The van der Waals surface area contributed by atoms with Gasteiger partial charge in [-0.2, -0.15) is 0 Å². The lowest BCUT2D eigenvalue weighted by molar-refractivity contribution is 0.102. The highest BCUT2D eigenvalue weighted by molar-refractivity contribution is 5.26. The van der Waals surface area contributed by atoms with Crippen LogP contribution >= 0.6 is 0 Å². The predicted octanol–water partition coefficient (Wildman–Crippen LogP) is 3.28. The minimum atomic E-state index is -0.191. The van der Waals surface area contributed by atoms with Gasteiger partial charge < -0.3 is 10.1 Å². The lowest BCUT2D eigenvalue weighted by Gasteiger charge is -2.26. The first-order valence-corrected chi connectivity index (χ1v) is 7.15. The van der Waals surface area contributed by atoms with Crippen LogP contribution in [-0.2, 0) is 6.54 Å². The second-order valence-corrected chi connectivity index (χ2v) is 5.69. The van der Waals surface area contributed by atoms with Gasteiger partial charge in [-0.25, -0.2) is 9.97 Å². The van der Waals surface area contributed by atoms with Gasteiger partial charge in [0.25, 0.3) is 0 Å². The van der Waals surface area contributed by atoms with Crippen molar-refractivity contribution in [3.8, 4) is 5.75 Å². The first-order chi connectivity index (χ1) is 8.89. The minimum absolute atomic E-state index is 0.191. The molecule has 0 spiro atoms. The lowest BCUT2D eigenvalue weighted by Crippen LogP contribution is -2.28. The van der Waals surface area contributed by atoms with Crippen molar-refractivity contribution in [2.24, 2.45) is 0 Å². The van der Waals surface area contributed by atoms with Gasteiger partial charge in [-0.1, -0.05) is 27.7 Å². The average molecular weight is 265 g/mol. The third-order valence-electron chi connectivity index (χ3n) is 3.14. The van der Waals surface area contributed by atoms with E-state index in [0.717, 1.165) is 30.2 Å². The van der Waals surface area contributed by atoms with Crippen molar-refractivity contribution in [1.82, 2.24) is 15.3 Å². The van der Waals surface area contributed by atoms with Crippen molar-refractivity contribution in [2.45, 2.75) is 66.0 Å². The number of nitrogens with zero attached hydrogens (tertiary/aromatic N) is 2. The molecule has 0 aromatic carbocycles. The molecule has 0 aliphatic heterocycles. The molecule has 0 bridgehead atoms. The summed E-state index contributed by atoms with van der Waals surface area (Å²) in [6.07, 6.45) is 2.76. The van der Waals surface area contributed by atoms with Crippen LogP contribution in [0.25, 0.3) is 0 Å². The summed E-state index contributed by atoms with van der Waals surface area (Å²) in [6, 6.07) is 0. The molecule has 0 aliphatic rings. The molecule has 1 N–H and O–H groups in total. The number of ether oxygens (including phenoxy) is 1. The van der Waals surface area contributed by atoms with Crippen molar-refractivity contribution in [3.63, 3.8) is 0 Å². The molecule has 0 amide bonds. The molecule has 1 aromatic heterocycles. The van der Waals surface area contributed by atoms with Gasteiger partial charge in [0.15, 0.2) is 5.75 Å². The molecule has 0 unspecified atom stereocenters. The summed E-state index contributed by atoms with van der Waals surface area (Å²) in [6.45, 7) is 14.2. The predicted molar refractivity (Wildman–Crippen MR) is 78.5 cm³/mol. The van der Waals surface area contributed by atoms with Crippen molar-refractivity contribution < 1.29 is 4.74 Å². The zero-order valence-electron chi connectivity index (χ0n) is 13.1. The minimum Gasteiger partial charge on any atom is -0.484 e. The molecular formula is C15H27N3O. The molecule has 108 valence electrons. The lowest BCUT2D eigenvalue weighted by atomic mass is 10.1. The van der Waals surface area contributed by atoms with E-state index in [9.17, 15) is 0 Å². The van der Waals surface area contributed by atoms with E-state index in [1.54, 1.807) is 0 Å². The molecule has 0 fully saturated rings. The topological polar surface area (TPSA) is 47.0 Å². The van der Waals surface area contributed by atoms with Gasteiger partial charge in [0.1, 0.15) is 11.4 Å². The SMILES string of the molecule is CCNCc1nc(C(C)C)ncc1OC(C)(C)CC. The van der Waals surface area contributed by atoms with Crippen LogP contribution in [0.2, 0.25) is 0 Å². The summed E-state index contributed by atoms with van der Waals surface area (Å²) >= 11 is 0. The number of hydrogen-bond donors (Lipinski definition) is 1. The number of hydrogen-bond acceptors (Lipinski definition) is 4. The molecule has 19 heavy (non-hydrogen) atoms. The average Bonchev–Trinajstić information content (AvgIpc) is 2.37. The first kappa shape index (κ1) is 15.9. The number of aromatic nitrogens is 2. The van der Waals surface area contributed by atoms with Crippen LogP contribution in [0.4, 0.5) is 0 Å². The third kappa shape index (κ3) is 4.78. The van der Waals surface area contributed by atoms with Gasteiger partial charge in [-0.3, -0.25) is 0 Å². The highest BCUT2D eigenvalue weighted by atomic mass is 16.5. The van der Waals surface area contributed by atoms with E-state index in [-0.39, 0.29) is 5.60 Å². The number of nitrogens with one attached hydrogen (secondary N) is 1. The Morgan fingerprint density at radius 3 is 2.53 bits per heavy atom. The van der Waals surface area contributed by atoms with Gasteiger partial charge in [0, 0.05) is 12.5 Å². The Balaban J connectivity index is 3.01. The highest BCUT2D eigenvalue weighted by Gasteiger charge is 2.20. The molecule has 1 heterocycles. The molecule has 0 aliphatic carbocycles. The maximum absolute atomic E-state index is 6.05. The summed E-state index contributed by atoms with van der Waals surface area (Å²) in [7, 11) is 0. The number of rotatable bonds is 7. The molecule has 4 heteroatoms. The summed E-state index contributed by atoms with van der Waals surface area (Å²) in [5, 5.41) is 3.30. The van der Waals surface area contributed by atoms with Crippen LogP contribution in [0.1, 0.15) is 65.4 Å². The smallest absolute Gasteiger partial charge is 0.161 e. The highest BCUT2D eigenvalue weighted by Crippen LogP contribution is 2.24. The molecule has 0 radical (unpaired) electrons. The van der Waals surface area contributed by atoms with Gasteiger partial charge in [0.05, 0.1) is 11.9 Å². The van der Waals surface area contributed by atoms with E-state index in [1.165, 1.54) is 0 Å². The van der Waals surface area contributed by atoms with Gasteiger partial charge >= 0.3 is 0 Å². The Morgan fingerprint density at radius 1 is 1.32 bits per heavy atom. The maximum atomic E-state index is 6.05. The molecule has 1 aromatic rings. The molecule has 0 atom stereocenters. The Morgan fingerprint density at radius 2 is 2.00 bits per heavy atom. The Labute approximate surface area is 117 Å². The molecule has 1 rings (SSSR count). The van der Waals surface area contributed by atoms with Crippen molar-refractivity contribution in [3.05, 3.63) is 17.7 Å². The zero-order valence-corrected chi connectivity index (χ0v) is 13.1. The standard InChI is InChI=1S/C15H27N3O/c1-7-15(5,6)19-13-10-17-14(11(3)4)18-12(13)9-16-8-2/h10-11,16H,7-9H2,1-6H3. The van der Waals surface area contributed by atoms with E-state index in [2.05, 4.69) is 56.8 Å². The Kier molecular flexibility index (Phi) is 5.73. The second-order valence-electron chi connectivity index (χ2n) is 5.69. The summed E-state index contributed by atoms with van der Waals surface area (Å²) in [5.41, 5.74) is 0.756. The van der Waals surface area contributed by atoms with Crippen LogP contribution in [-0.4, -0.2) is 22.1 Å². The maximum Gasteiger partial charge on any atom is 0.161 e. The Hall–Kier alpha value is -1.16. The third-order valence-corrected chi connectivity index (χ3v) is 3.14. The molecule has 4 nitrogen and oxygen atoms in total. The van der Waals surface area contributed by atoms with E-state index < -0.39 is 0 Å². The summed E-state index contributed by atoms with van der Waals surface area (Å²) in [4.78, 5) is 9.03. The fourth-order valence-corrected chi connectivity index (χ4v) is 1.52. The summed E-state index contributed by atoms with van der Waals surface area (Å²) in [5.74, 6) is 1.99. The van der Waals surface area contributed by atoms with Crippen LogP contribution < -0.4 is 10.1 Å². The van der Waals surface area contributed by atoms with Crippen LogP contribution in [0, 0.1) is 0 Å². The normalized spacial score (nSPS) is 11.9. The van der Waals surface area contributed by atoms with E-state index in [4.69, 9.17) is 4.74 Å². The van der Waals surface area contributed by atoms with Crippen LogP contribution in [0.5, 0.6) is 5.75 Å². The van der Waals surface area contributed by atoms with E-state index in [1.807, 2.05) is 6.20 Å². The summed E-state index contributed by atoms with van der Waals surface area (Å²) < 4.78 is 6.05. The molecule has 0 saturated heterocycles. The first-order valence-electron chi connectivity index (χ1n) is 7.15. The van der Waals surface area contributed by atoms with Crippen LogP contribution in [0.15, 0.2) is 6.20 Å².